The summed E-state index contributed by atoms with van der Waals surface area (Å²) in [6.45, 7) is 1.14. The average molecular weight is 321 g/mol. The smallest absolute Gasteiger partial charge is 0.407 e. The molecule has 0 radical (unpaired) electrons. The van der Waals surface area contributed by atoms with Crippen LogP contribution in [0.4, 0.5) is 4.79 Å². The molecule has 2 aromatic carbocycles. The number of benzene rings is 2. The highest BCUT2D eigenvalue weighted by Crippen LogP contribution is 2.33. The Labute approximate surface area is 140 Å². The Bertz CT molecular complexity index is 865. The second-order valence-electron chi connectivity index (χ2n) is 6.16. The monoisotopic (exact) mass is 321 g/mol. The predicted octanol–water partition coefficient (Wildman–Crippen LogP) is 4.02. The predicted molar refractivity (Wildman–Crippen MR) is 93.0 cm³/mol. The van der Waals surface area contributed by atoms with Gasteiger partial charge in [-0.15, -0.1) is 0 Å². The number of carbonyl (C=O) groups is 1. The minimum Gasteiger partial charge on any atom is -0.465 e. The maximum atomic E-state index is 11.2. The van der Waals surface area contributed by atoms with Crippen LogP contribution < -0.4 is 0 Å². The van der Waals surface area contributed by atoms with Gasteiger partial charge in [-0.3, -0.25) is 0 Å². The van der Waals surface area contributed by atoms with Crippen LogP contribution >= 0.6 is 0 Å². The van der Waals surface area contributed by atoms with Crippen molar-refractivity contribution in [1.82, 2.24) is 14.5 Å². The van der Waals surface area contributed by atoms with E-state index < -0.39 is 6.09 Å². The number of carboxylic acid groups (broad SMARTS) is 1. The molecule has 1 fully saturated rings. The van der Waals surface area contributed by atoms with Crippen LogP contribution in [0.5, 0.6) is 0 Å². The number of piperidine rings is 1. The fourth-order valence-electron chi connectivity index (χ4n) is 3.52. The molecule has 0 atom stereocenters. The molecule has 5 heteroatoms. The van der Waals surface area contributed by atoms with Gasteiger partial charge in [-0.1, -0.05) is 42.5 Å². The van der Waals surface area contributed by atoms with Crippen LogP contribution in [0, 0.1) is 0 Å². The average Bonchev–Trinajstić information content (AvgIpc) is 3.02. The lowest BCUT2D eigenvalue weighted by molar-refractivity contribution is 0.126. The van der Waals surface area contributed by atoms with Crippen molar-refractivity contribution in [1.29, 1.82) is 0 Å². The van der Waals surface area contributed by atoms with Gasteiger partial charge in [0.05, 0.1) is 11.0 Å². The van der Waals surface area contributed by atoms with E-state index in [1.54, 1.807) is 0 Å². The molecule has 0 unspecified atom stereocenters. The molecule has 0 saturated carbocycles. The molecule has 2 heterocycles. The molecule has 0 bridgehead atoms. The minimum absolute atomic E-state index is 0.267. The second kappa shape index (κ2) is 6.00. The number of rotatable bonds is 2. The maximum Gasteiger partial charge on any atom is 0.407 e. The molecule has 1 amide bonds. The number of likely N-dealkylation sites (tertiary alicyclic amines) is 1. The van der Waals surface area contributed by atoms with Crippen molar-refractivity contribution in [3.05, 3.63) is 54.6 Å². The molecule has 1 aliphatic heterocycles. The van der Waals surface area contributed by atoms with Gasteiger partial charge in [0.25, 0.3) is 0 Å². The van der Waals surface area contributed by atoms with E-state index in [0.717, 1.165) is 35.3 Å². The van der Waals surface area contributed by atoms with Gasteiger partial charge in [0.15, 0.2) is 0 Å². The molecule has 0 spiro atoms. The molecule has 4 rings (SSSR count). The molecule has 1 aromatic heterocycles. The van der Waals surface area contributed by atoms with E-state index >= 15 is 0 Å². The lowest BCUT2D eigenvalue weighted by Crippen LogP contribution is -2.38. The Kier molecular flexibility index (Phi) is 3.69. The number of hydrogen-bond acceptors (Lipinski definition) is 2. The van der Waals surface area contributed by atoms with Crippen LogP contribution in [0.15, 0.2) is 54.6 Å². The number of amides is 1. The zero-order valence-corrected chi connectivity index (χ0v) is 13.3. The molecule has 3 aromatic rings. The number of nitrogens with zero attached hydrogens (tertiary/aromatic N) is 3. The summed E-state index contributed by atoms with van der Waals surface area (Å²) in [4.78, 5) is 17.5. The third-order valence-corrected chi connectivity index (χ3v) is 4.73. The molecular formula is C19H19N3O2. The normalized spacial score (nSPS) is 15.8. The van der Waals surface area contributed by atoms with Crippen LogP contribution in [0.3, 0.4) is 0 Å². The number of imidazole rings is 1. The van der Waals surface area contributed by atoms with Gasteiger partial charge in [0, 0.05) is 24.7 Å². The third kappa shape index (κ3) is 2.52. The molecule has 0 aliphatic carbocycles. The molecular weight excluding hydrogens is 302 g/mol. The van der Waals surface area contributed by atoms with E-state index in [4.69, 9.17) is 10.1 Å². The number of hydrogen-bond donors (Lipinski definition) is 1. The second-order valence-corrected chi connectivity index (χ2v) is 6.16. The van der Waals surface area contributed by atoms with Gasteiger partial charge in [0.1, 0.15) is 5.82 Å². The van der Waals surface area contributed by atoms with Crippen LogP contribution in [0.1, 0.15) is 18.9 Å². The summed E-state index contributed by atoms with van der Waals surface area (Å²) in [6, 6.07) is 18.6. The van der Waals surface area contributed by atoms with E-state index in [-0.39, 0.29) is 6.04 Å². The molecule has 122 valence electrons. The Balaban J connectivity index is 1.78. The summed E-state index contributed by atoms with van der Waals surface area (Å²) in [5.41, 5.74) is 3.19. The lowest BCUT2D eigenvalue weighted by Gasteiger charge is -2.32. The topological polar surface area (TPSA) is 58.4 Å². The highest BCUT2D eigenvalue weighted by molar-refractivity contribution is 5.80. The summed E-state index contributed by atoms with van der Waals surface area (Å²) >= 11 is 0. The third-order valence-electron chi connectivity index (χ3n) is 4.73. The van der Waals surface area contributed by atoms with Crippen LogP contribution in [-0.4, -0.2) is 38.7 Å². The van der Waals surface area contributed by atoms with Crippen molar-refractivity contribution in [3.8, 4) is 11.4 Å². The van der Waals surface area contributed by atoms with Gasteiger partial charge < -0.3 is 14.6 Å². The van der Waals surface area contributed by atoms with Gasteiger partial charge in [-0.2, -0.15) is 0 Å². The van der Waals surface area contributed by atoms with Crippen molar-refractivity contribution in [2.75, 3.05) is 13.1 Å². The number of para-hydroxylation sites is 2. The number of fused-ring (bicyclic) bond motifs is 1. The first-order chi connectivity index (χ1) is 11.7. The molecule has 1 saturated heterocycles. The highest BCUT2D eigenvalue weighted by atomic mass is 16.4. The Hall–Kier alpha value is -2.82. The largest absolute Gasteiger partial charge is 0.465 e. The SMILES string of the molecule is O=C(O)N1CCC(n2c(-c3ccccc3)nc3ccccc32)CC1. The van der Waals surface area contributed by atoms with E-state index in [2.05, 4.69) is 22.8 Å². The Morgan fingerprint density at radius 1 is 1.00 bits per heavy atom. The quantitative estimate of drug-likeness (QED) is 0.775. The van der Waals surface area contributed by atoms with Gasteiger partial charge in [0.2, 0.25) is 0 Å². The van der Waals surface area contributed by atoms with Crippen molar-refractivity contribution in [2.24, 2.45) is 0 Å². The minimum atomic E-state index is -0.827. The molecule has 1 N–H and O–H groups in total. The van der Waals surface area contributed by atoms with Crippen molar-refractivity contribution >= 4 is 17.1 Å². The first-order valence-corrected chi connectivity index (χ1v) is 8.24. The summed E-state index contributed by atoms with van der Waals surface area (Å²) in [7, 11) is 0. The van der Waals surface area contributed by atoms with E-state index in [1.165, 1.54) is 4.90 Å². The molecule has 1 aliphatic rings. The van der Waals surface area contributed by atoms with E-state index in [0.29, 0.717) is 13.1 Å². The van der Waals surface area contributed by atoms with Crippen LogP contribution in [0.25, 0.3) is 22.4 Å². The summed E-state index contributed by atoms with van der Waals surface area (Å²) in [5.74, 6) is 0.963. The zero-order chi connectivity index (χ0) is 16.5. The van der Waals surface area contributed by atoms with E-state index in [1.807, 2.05) is 36.4 Å². The summed E-state index contributed by atoms with van der Waals surface area (Å²) in [6.07, 6.45) is 0.797. The standard InChI is InChI=1S/C19H19N3O2/c23-19(24)21-12-10-15(11-13-21)22-17-9-5-4-8-16(17)20-18(22)14-6-2-1-3-7-14/h1-9,15H,10-13H2,(H,23,24). The van der Waals surface area contributed by atoms with E-state index in [9.17, 15) is 4.79 Å². The summed E-state index contributed by atoms with van der Waals surface area (Å²) in [5, 5.41) is 9.17. The fourth-order valence-corrected chi connectivity index (χ4v) is 3.52. The molecule has 24 heavy (non-hydrogen) atoms. The highest BCUT2D eigenvalue weighted by Gasteiger charge is 2.26. The van der Waals surface area contributed by atoms with Gasteiger partial charge in [-0.05, 0) is 25.0 Å². The zero-order valence-electron chi connectivity index (χ0n) is 13.3. The maximum absolute atomic E-state index is 11.2. The van der Waals surface area contributed by atoms with Gasteiger partial charge in [-0.25, -0.2) is 9.78 Å². The van der Waals surface area contributed by atoms with Crippen LogP contribution in [0.2, 0.25) is 0 Å². The van der Waals surface area contributed by atoms with Crippen molar-refractivity contribution in [3.63, 3.8) is 0 Å². The summed E-state index contributed by atoms with van der Waals surface area (Å²) < 4.78 is 2.30. The first kappa shape index (κ1) is 14.8. The lowest BCUT2D eigenvalue weighted by atomic mass is 10.0. The fraction of sp³-hybridized carbons (Fsp3) is 0.263. The first-order valence-electron chi connectivity index (χ1n) is 8.24. The Morgan fingerprint density at radius 2 is 1.67 bits per heavy atom. The van der Waals surface area contributed by atoms with Crippen molar-refractivity contribution < 1.29 is 9.90 Å². The molecule has 5 nitrogen and oxygen atoms in total. The Morgan fingerprint density at radius 3 is 2.38 bits per heavy atom. The number of aromatic nitrogens is 2. The van der Waals surface area contributed by atoms with Gasteiger partial charge >= 0.3 is 6.09 Å². The van der Waals surface area contributed by atoms with Crippen LogP contribution in [-0.2, 0) is 0 Å². The van der Waals surface area contributed by atoms with Crippen molar-refractivity contribution in [2.45, 2.75) is 18.9 Å².